The van der Waals surface area contributed by atoms with Gasteiger partial charge in [0.05, 0.1) is 22.3 Å². The van der Waals surface area contributed by atoms with Crippen molar-refractivity contribution in [2.45, 2.75) is 0 Å². The molecule has 0 aliphatic heterocycles. The predicted octanol–water partition coefficient (Wildman–Crippen LogP) is 3.51. The lowest BCUT2D eigenvalue weighted by atomic mass is 10.2. The highest BCUT2D eigenvalue weighted by Crippen LogP contribution is 2.23. The fourth-order valence-corrected chi connectivity index (χ4v) is 1.73. The number of amides is 1. The molecule has 0 bridgehead atoms. The van der Waals surface area contributed by atoms with Crippen molar-refractivity contribution in [3.63, 3.8) is 0 Å². The van der Waals surface area contributed by atoms with Gasteiger partial charge in [0.2, 0.25) is 0 Å². The second kappa shape index (κ2) is 5.70. The second-order valence-corrected chi connectivity index (χ2v) is 4.46. The van der Waals surface area contributed by atoms with Crippen LogP contribution in [0.3, 0.4) is 0 Å². The number of hydrogen-bond donors (Lipinski definition) is 1. The average Bonchev–Trinajstić information content (AvgIpc) is 2.41. The van der Waals surface area contributed by atoms with Crippen LogP contribution in [0.25, 0.3) is 0 Å². The van der Waals surface area contributed by atoms with Gasteiger partial charge in [0.1, 0.15) is 5.69 Å². The summed E-state index contributed by atoms with van der Waals surface area (Å²) in [7, 11) is 0. The van der Waals surface area contributed by atoms with Crippen LogP contribution in [-0.4, -0.2) is 10.9 Å². The van der Waals surface area contributed by atoms with E-state index >= 15 is 0 Å². The molecule has 0 saturated heterocycles. The molecule has 0 aliphatic rings. The summed E-state index contributed by atoms with van der Waals surface area (Å²) in [6.07, 6.45) is 1.44. The van der Waals surface area contributed by atoms with Crippen molar-refractivity contribution < 1.29 is 4.79 Å². The third-order valence-corrected chi connectivity index (χ3v) is 2.86. The Hall–Kier alpha value is -2.09. The lowest BCUT2D eigenvalue weighted by Crippen LogP contribution is -2.13. The summed E-state index contributed by atoms with van der Waals surface area (Å²) in [6, 6.07) is 9.58. The van der Waals surface area contributed by atoms with E-state index in [9.17, 15) is 4.79 Å². The average molecular weight is 292 g/mol. The first-order valence-electron chi connectivity index (χ1n) is 5.22. The van der Waals surface area contributed by atoms with E-state index in [4.69, 9.17) is 28.5 Å². The molecule has 19 heavy (non-hydrogen) atoms. The molecule has 0 unspecified atom stereocenters. The monoisotopic (exact) mass is 291 g/mol. The van der Waals surface area contributed by atoms with E-state index in [0.29, 0.717) is 21.3 Å². The van der Waals surface area contributed by atoms with Gasteiger partial charge in [0.15, 0.2) is 0 Å². The lowest BCUT2D eigenvalue weighted by molar-refractivity contribution is 0.102. The van der Waals surface area contributed by atoms with E-state index in [1.165, 1.54) is 18.3 Å². The number of nitriles is 1. The summed E-state index contributed by atoms with van der Waals surface area (Å²) in [5.41, 5.74) is 0.928. The molecule has 1 N–H and O–H groups in total. The maximum Gasteiger partial charge on any atom is 0.274 e. The molecule has 0 fully saturated rings. The summed E-state index contributed by atoms with van der Waals surface area (Å²) in [6.45, 7) is 0. The number of aromatic nitrogens is 1. The largest absolute Gasteiger partial charge is 0.319 e. The summed E-state index contributed by atoms with van der Waals surface area (Å²) in [5.74, 6) is -0.445. The maximum absolute atomic E-state index is 11.9. The molecule has 6 heteroatoms. The van der Waals surface area contributed by atoms with Crippen LogP contribution >= 0.6 is 23.2 Å². The zero-order valence-corrected chi connectivity index (χ0v) is 11.0. The topological polar surface area (TPSA) is 65.8 Å². The number of halogens is 2. The molecule has 0 radical (unpaired) electrons. The molecule has 2 rings (SSSR count). The molecular formula is C13H7Cl2N3O. The van der Waals surface area contributed by atoms with Gasteiger partial charge in [-0.2, -0.15) is 5.26 Å². The Labute approximate surface area is 119 Å². The minimum atomic E-state index is -0.445. The first-order valence-corrected chi connectivity index (χ1v) is 5.98. The number of anilines is 1. The number of carbonyl (C=O) groups excluding carboxylic acids is 1. The van der Waals surface area contributed by atoms with Crippen LogP contribution in [0.4, 0.5) is 5.69 Å². The lowest BCUT2D eigenvalue weighted by Gasteiger charge is -2.07. The maximum atomic E-state index is 11.9. The van der Waals surface area contributed by atoms with Crippen molar-refractivity contribution in [3.8, 4) is 6.07 Å². The Bertz CT molecular complexity index is 680. The third kappa shape index (κ3) is 3.22. The minimum Gasteiger partial charge on any atom is -0.319 e. The smallest absolute Gasteiger partial charge is 0.274 e. The Morgan fingerprint density at radius 2 is 2.05 bits per heavy atom. The number of carbonyl (C=O) groups is 1. The summed E-state index contributed by atoms with van der Waals surface area (Å²) in [4.78, 5) is 15.8. The minimum absolute atomic E-state index is 0.172. The highest BCUT2D eigenvalue weighted by atomic mass is 35.5. The standard InChI is InChI=1S/C13H7Cl2N3O/c14-9-3-4-17-12(6-9)13(19)18-11-5-8(7-16)1-2-10(11)15/h1-6H,(H,18,19). The molecule has 0 saturated carbocycles. The van der Waals surface area contributed by atoms with Gasteiger partial charge in [-0.25, -0.2) is 0 Å². The number of rotatable bonds is 2. The van der Waals surface area contributed by atoms with Gasteiger partial charge >= 0.3 is 0 Å². The number of nitrogens with one attached hydrogen (secondary N) is 1. The van der Waals surface area contributed by atoms with Crippen LogP contribution < -0.4 is 5.32 Å². The highest BCUT2D eigenvalue weighted by Gasteiger charge is 2.10. The molecule has 94 valence electrons. The van der Waals surface area contributed by atoms with Crippen molar-refractivity contribution >= 4 is 34.8 Å². The fraction of sp³-hybridized carbons (Fsp3) is 0. The van der Waals surface area contributed by atoms with Crippen molar-refractivity contribution in [2.75, 3.05) is 5.32 Å². The van der Waals surface area contributed by atoms with Crippen LogP contribution in [0.2, 0.25) is 10.0 Å². The van der Waals surface area contributed by atoms with Gasteiger partial charge in [-0.3, -0.25) is 9.78 Å². The number of pyridine rings is 1. The molecule has 0 spiro atoms. The van der Waals surface area contributed by atoms with Crippen molar-refractivity contribution in [1.82, 2.24) is 4.98 Å². The van der Waals surface area contributed by atoms with Crippen molar-refractivity contribution in [2.24, 2.45) is 0 Å². The zero-order chi connectivity index (χ0) is 13.8. The molecule has 1 aromatic carbocycles. The van der Waals surface area contributed by atoms with Gasteiger partial charge < -0.3 is 5.32 Å². The second-order valence-electron chi connectivity index (χ2n) is 3.62. The van der Waals surface area contributed by atoms with Gasteiger partial charge in [0.25, 0.3) is 5.91 Å². The first-order chi connectivity index (χ1) is 9.10. The van der Waals surface area contributed by atoms with Gasteiger partial charge in [0, 0.05) is 11.2 Å². The quantitative estimate of drug-likeness (QED) is 0.921. The molecule has 0 aliphatic carbocycles. The van der Waals surface area contributed by atoms with Crippen LogP contribution in [-0.2, 0) is 0 Å². The van der Waals surface area contributed by atoms with E-state index < -0.39 is 5.91 Å². The molecule has 2 aromatic rings. The van der Waals surface area contributed by atoms with E-state index in [2.05, 4.69) is 10.3 Å². The SMILES string of the molecule is N#Cc1ccc(Cl)c(NC(=O)c2cc(Cl)ccn2)c1. The molecule has 1 amide bonds. The van der Waals surface area contributed by atoms with E-state index in [-0.39, 0.29) is 5.69 Å². The van der Waals surface area contributed by atoms with Crippen molar-refractivity contribution in [3.05, 3.63) is 57.8 Å². The van der Waals surface area contributed by atoms with Crippen molar-refractivity contribution in [1.29, 1.82) is 5.26 Å². The molecule has 1 heterocycles. The number of benzene rings is 1. The fourth-order valence-electron chi connectivity index (χ4n) is 1.41. The zero-order valence-electron chi connectivity index (χ0n) is 9.52. The molecular weight excluding hydrogens is 285 g/mol. The number of nitrogens with zero attached hydrogens (tertiary/aromatic N) is 2. The van der Waals surface area contributed by atoms with Crippen LogP contribution in [0, 0.1) is 11.3 Å². The summed E-state index contributed by atoms with van der Waals surface area (Å²) < 4.78 is 0. The van der Waals surface area contributed by atoms with E-state index in [0.717, 1.165) is 0 Å². The Morgan fingerprint density at radius 1 is 1.26 bits per heavy atom. The highest BCUT2D eigenvalue weighted by molar-refractivity contribution is 6.34. The van der Waals surface area contributed by atoms with Gasteiger partial charge in [-0.05, 0) is 30.3 Å². The summed E-state index contributed by atoms with van der Waals surface area (Å²) in [5, 5.41) is 12.1. The first kappa shape index (κ1) is 13.3. The Morgan fingerprint density at radius 3 is 2.74 bits per heavy atom. The van der Waals surface area contributed by atoms with Crippen LogP contribution in [0.5, 0.6) is 0 Å². The number of hydrogen-bond acceptors (Lipinski definition) is 3. The van der Waals surface area contributed by atoms with Crippen LogP contribution in [0.1, 0.15) is 16.1 Å². The Kier molecular flexibility index (Phi) is 4.00. The van der Waals surface area contributed by atoms with Gasteiger partial charge in [-0.1, -0.05) is 23.2 Å². The van der Waals surface area contributed by atoms with E-state index in [1.807, 2.05) is 6.07 Å². The van der Waals surface area contributed by atoms with Crippen LogP contribution in [0.15, 0.2) is 36.5 Å². The third-order valence-electron chi connectivity index (χ3n) is 2.30. The normalized spacial score (nSPS) is 9.74. The summed E-state index contributed by atoms with van der Waals surface area (Å²) >= 11 is 11.7. The Balaban J connectivity index is 2.27. The predicted molar refractivity (Wildman–Crippen MR) is 73.4 cm³/mol. The molecule has 0 atom stereocenters. The molecule has 1 aromatic heterocycles. The molecule has 4 nitrogen and oxygen atoms in total. The van der Waals surface area contributed by atoms with Gasteiger partial charge in [-0.15, -0.1) is 0 Å². The van der Waals surface area contributed by atoms with E-state index in [1.54, 1.807) is 18.2 Å².